The molecule has 0 radical (unpaired) electrons. The van der Waals surface area contributed by atoms with E-state index in [1.165, 1.54) is 13.0 Å². The van der Waals surface area contributed by atoms with Crippen molar-refractivity contribution in [2.24, 2.45) is 0 Å². The Morgan fingerprint density at radius 3 is 2.45 bits per heavy atom. The Labute approximate surface area is 183 Å². The third kappa shape index (κ3) is 6.04. The predicted molar refractivity (Wildman–Crippen MR) is 119 cm³/mol. The Hall–Kier alpha value is -2.46. The number of ether oxygens (including phenoxy) is 2. The number of aryl methyl sites for hydroxylation is 1. The highest BCUT2D eigenvalue weighted by molar-refractivity contribution is 7.89. The Kier molecular flexibility index (Phi) is 7.66. The first-order valence-corrected chi connectivity index (χ1v) is 11.6. The van der Waals surface area contributed by atoms with Crippen LogP contribution in [0.1, 0.15) is 24.1 Å². The van der Waals surface area contributed by atoms with Crippen LogP contribution < -0.4 is 14.8 Å². The lowest BCUT2D eigenvalue weighted by Crippen LogP contribution is -2.43. The van der Waals surface area contributed by atoms with Gasteiger partial charge in [-0.25, -0.2) is 13.1 Å². The minimum atomic E-state index is -3.79. The van der Waals surface area contributed by atoms with Crippen molar-refractivity contribution in [1.82, 2.24) is 9.62 Å². The van der Waals surface area contributed by atoms with Gasteiger partial charge in [-0.3, -0.25) is 9.69 Å². The molecule has 1 atom stereocenters. The van der Waals surface area contributed by atoms with Crippen LogP contribution in [0.2, 0.25) is 0 Å². The van der Waals surface area contributed by atoms with Gasteiger partial charge in [-0.05, 0) is 42.3 Å². The van der Waals surface area contributed by atoms with Gasteiger partial charge in [0.15, 0.2) is 0 Å². The molecule has 1 unspecified atom stereocenters. The predicted octanol–water partition coefficient (Wildman–Crippen LogP) is 2.31. The summed E-state index contributed by atoms with van der Waals surface area (Å²) in [5.74, 6) is 0.488. The number of nitrogens with one attached hydrogen (secondary N) is 2. The van der Waals surface area contributed by atoms with Gasteiger partial charge >= 0.3 is 0 Å². The molecule has 0 bridgehead atoms. The average Bonchev–Trinajstić information content (AvgIpc) is 2.76. The number of benzene rings is 2. The summed E-state index contributed by atoms with van der Waals surface area (Å²) in [7, 11) is -2.18. The molecule has 0 aliphatic carbocycles. The molecular weight excluding hydrogens is 418 g/mol. The van der Waals surface area contributed by atoms with E-state index in [0.29, 0.717) is 24.5 Å². The van der Waals surface area contributed by atoms with Crippen molar-refractivity contribution in [1.29, 1.82) is 0 Å². The summed E-state index contributed by atoms with van der Waals surface area (Å²) in [6.45, 7) is 5.97. The number of carbonyl (C=O) groups is 1. The third-order valence-electron chi connectivity index (χ3n) is 5.25. The van der Waals surface area contributed by atoms with Gasteiger partial charge in [0.05, 0.1) is 25.2 Å². The van der Waals surface area contributed by atoms with Gasteiger partial charge in [0.2, 0.25) is 15.9 Å². The van der Waals surface area contributed by atoms with Crippen LogP contribution in [0.25, 0.3) is 0 Å². The molecule has 1 aliphatic heterocycles. The summed E-state index contributed by atoms with van der Waals surface area (Å²) in [6, 6.07) is 12.4. The first-order chi connectivity index (χ1) is 14.8. The largest absolute Gasteiger partial charge is 0.497 e. The van der Waals surface area contributed by atoms with E-state index in [-0.39, 0.29) is 23.4 Å². The fraction of sp³-hybridized carbons (Fsp3) is 0.409. The van der Waals surface area contributed by atoms with Crippen LogP contribution in [-0.4, -0.2) is 59.2 Å². The second-order valence-electron chi connectivity index (χ2n) is 7.45. The summed E-state index contributed by atoms with van der Waals surface area (Å²) in [5.41, 5.74) is 2.04. The topological polar surface area (TPSA) is 97.0 Å². The van der Waals surface area contributed by atoms with Crippen LogP contribution in [0.3, 0.4) is 0 Å². The number of carbonyl (C=O) groups excluding carboxylic acids is 1. The molecule has 1 amide bonds. The molecule has 1 heterocycles. The molecule has 0 spiro atoms. The molecule has 9 heteroatoms. The summed E-state index contributed by atoms with van der Waals surface area (Å²) >= 11 is 0. The third-order valence-corrected chi connectivity index (χ3v) is 6.82. The molecule has 1 aliphatic rings. The number of hydrogen-bond donors (Lipinski definition) is 2. The zero-order chi connectivity index (χ0) is 22.4. The van der Waals surface area contributed by atoms with Gasteiger partial charge in [0, 0.05) is 38.3 Å². The summed E-state index contributed by atoms with van der Waals surface area (Å²) < 4.78 is 39.7. The second-order valence-corrected chi connectivity index (χ2v) is 9.19. The number of anilines is 1. The van der Waals surface area contributed by atoms with E-state index < -0.39 is 10.0 Å². The number of sulfonamides is 1. The lowest BCUT2D eigenvalue weighted by atomic mass is 10.0. The Bertz CT molecular complexity index is 1000. The highest BCUT2D eigenvalue weighted by atomic mass is 32.2. The van der Waals surface area contributed by atoms with Gasteiger partial charge in [0.25, 0.3) is 0 Å². The molecule has 8 nitrogen and oxygen atoms in total. The van der Waals surface area contributed by atoms with Crippen molar-refractivity contribution in [3.05, 3.63) is 53.6 Å². The lowest BCUT2D eigenvalue weighted by molar-refractivity contribution is -0.114. The van der Waals surface area contributed by atoms with E-state index in [4.69, 9.17) is 9.47 Å². The van der Waals surface area contributed by atoms with E-state index in [9.17, 15) is 13.2 Å². The molecule has 1 saturated heterocycles. The molecule has 168 valence electrons. The molecule has 2 aromatic carbocycles. The first-order valence-electron chi connectivity index (χ1n) is 10.1. The van der Waals surface area contributed by atoms with Crippen LogP contribution in [0.4, 0.5) is 5.69 Å². The fourth-order valence-electron chi connectivity index (χ4n) is 3.61. The minimum absolute atomic E-state index is 0.147. The maximum absolute atomic E-state index is 13.1. The van der Waals surface area contributed by atoms with Crippen molar-refractivity contribution in [3.8, 4) is 5.75 Å². The van der Waals surface area contributed by atoms with Crippen LogP contribution in [0.5, 0.6) is 5.75 Å². The maximum atomic E-state index is 13.1. The Balaban J connectivity index is 1.83. The maximum Gasteiger partial charge on any atom is 0.240 e. The zero-order valence-corrected chi connectivity index (χ0v) is 18.9. The molecule has 31 heavy (non-hydrogen) atoms. The quantitative estimate of drug-likeness (QED) is 0.645. The summed E-state index contributed by atoms with van der Waals surface area (Å²) in [6.07, 6.45) is 0. The first kappa shape index (κ1) is 23.2. The Morgan fingerprint density at radius 2 is 1.84 bits per heavy atom. The monoisotopic (exact) mass is 447 g/mol. The highest BCUT2D eigenvalue weighted by Gasteiger charge is 2.26. The molecule has 2 aromatic rings. The number of amides is 1. The van der Waals surface area contributed by atoms with E-state index in [1.54, 1.807) is 26.2 Å². The van der Waals surface area contributed by atoms with Crippen molar-refractivity contribution in [3.63, 3.8) is 0 Å². The molecule has 0 aromatic heterocycles. The molecule has 0 saturated carbocycles. The number of nitrogens with zero attached hydrogens (tertiary/aromatic N) is 1. The van der Waals surface area contributed by atoms with Gasteiger partial charge in [-0.1, -0.05) is 18.2 Å². The number of methoxy groups -OCH3 is 1. The SMILES string of the molecule is COc1ccc(C(CNS(=O)(=O)c2cc(NC(C)=O)ccc2C)N2CCOCC2)cc1. The van der Waals surface area contributed by atoms with Crippen molar-refractivity contribution < 1.29 is 22.7 Å². The Morgan fingerprint density at radius 1 is 1.16 bits per heavy atom. The summed E-state index contributed by atoms with van der Waals surface area (Å²) in [5, 5.41) is 2.63. The molecular formula is C22H29N3O5S. The van der Waals surface area contributed by atoms with E-state index in [0.717, 1.165) is 24.4 Å². The molecule has 1 fully saturated rings. The van der Waals surface area contributed by atoms with Crippen LogP contribution in [0, 0.1) is 6.92 Å². The van der Waals surface area contributed by atoms with Gasteiger partial charge in [-0.15, -0.1) is 0 Å². The van der Waals surface area contributed by atoms with E-state index in [2.05, 4.69) is 14.9 Å². The van der Waals surface area contributed by atoms with Gasteiger partial charge in [0.1, 0.15) is 5.75 Å². The second kappa shape index (κ2) is 10.2. The zero-order valence-electron chi connectivity index (χ0n) is 18.1. The number of hydrogen-bond acceptors (Lipinski definition) is 6. The normalized spacial score (nSPS) is 16.0. The van der Waals surface area contributed by atoms with Crippen LogP contribution in [0.15, 0.2) is 47.4 Å². The summed E-state index contributed by atoms with van der Waals surface area (Å²) in [4.78, 5) is 13.7. The van der Waals surface area contributed by atoms with E-state index >= 15 is 0 Å². The van der Waals surface area contributed by atoms with Gasteiger partial charge in [-0.2, -0.15) is 0 Å². The lowest BCUT2D eigenvalue weighted by Gasteiger charge is -2.35. The van der Waals surface area contributed by atoms with Gasteiger partial charge < -0.3 is 14.8 Å². The number of rotatable bonds is 8. The van der Waals surface area contributed by atoms with E-state index in [1.807, 2.05) is 24.3 Å². The minimum Gasteiger partial charge on any atom is -0.497 e. The molecule has 3 rings (SSSR count). The number of morpholine rings is 1. The smallest absolute Gasteiger partial charge is 0.240 e. The average molecular weight is 448 g/mol. The van der Waals surface area contributed by atoms with Crippen molar-refractivity contribution >= 4 is 21.6 Å². The highest BCUT2D eigenvalue weighted by Crippen LogP contribution is 2.25. The van der Waals surface area contributed by atoms with Crippen LogP contribution >= 0.6 is 0 Å². The fourth-order valence-corrected chi connectivity index (χ4v) is 4.92. The van der Waals surface area contributed by atoms with Crippen LogP contribution in [-0.2, 0) is 19.6 Å². The van der Waals surface area contributed by atoms with Crippen molar-refractivity contribution in [2.75, 3.05) is 45.3 Å². The molecule has 2 N–H and O–H groups in total. The standard InChI is InChI=1S/C22H29N3O5S/c1-16-4-7-19(24-17(2)26)14-22(16)31(27,28)23-15-21(25-10-12-30-13-11-25)18-5-8-20(29-3)9-6-18/h4-9,14,21,23H,10-13,15H2,1-3H3,(H,24,26). The van der Waals surface area contributed by atoms with Crippen molar-refractivity contribution in [2.45, 2.75) is 24.8 Å².